The lowest BCUT2D eigenvalue weighted by molar-refractivity contribution is -0.144. The maximum atomic E-state index is 12.5. The summed E-state index contributed by atoms with van der Waals surface area (Å²) in [5.74, 6) is 1.43. The Morgan fingerprint density at radius 1 is 0.674 bits per heavy atom. The van der Waals surface area contributed by atoms with E-state index in [0.717, 1.165) is 11.6 Å². The molecule has 0 saturated carbocycles. The minimum absolute atomic E-state index is 0. The third-order valence-corrected chi connectivity index (χ3v) is 4.88. The monoisotopic (exact) mass is 600 g/mol. The van der Waals surface area contributed by atoms with Gasteiger partial charge in [-0.2, -0.15) is 0 Å². The van der Waals surface area contributed by atoms with E-state index in [1.165, 1.54) is 6.26 Å². The van der Waals surface area contributed by atoms with Gasteiger partial charge in [-0.15, -0.1) is 0 Å². The number of benzene rings is 3. The molecule has 0 amide bonds. The Morgan fingerprint density at radius 2 is 1.21 bits per heavy atom. The van der Waals surface area contributed by atoms with E-state index in [0.29, 0.717) is 34.3 Å². The topological polar surface area (TPSA) is 108 Å². The van der Waals surface area contributed by atoms with Gasteiger partial charge in [0.1, 0.15) is 28.7 Å². The van der Waals surface area contributed by atoms with Crippen molar-refractivity contribution < 1.29 is 47.5 Å². The number of carbonyl (C=O) groups is 2. The first-order valence-electron chi connectivity index (χ1n) is 11.6. The molecule has 236 valence electrons. The molecule has 0 aliphatic carbocycles. The molecule has 3 aromatic carbocycles. The largest absolute Gasteiger partial charge is 0.476 e. The zero-order chi connectivity index (χ0) is 27.9. The third kappa shape index (κ3) is 14.0. The first-order valence-corrected chi connectivity index (χ1v) is 11.6. The number of carbonyl (C=O) groups excluding carboxylic acids is 2. The summed E-state index contributed by atoms with van der Waals surface area (Å²) in [5, 5.41) is 0. The first kappa shape index (κ1) is 40.2. The Kier molecular flexibility index (Phi) is 20.3. The average molecular weight is 601 g/mol. The van der Waals surface area contributed by atoms with Gasteiger partial charge < -0.3 is 37.9 Å². The van der Waals surface area contributed by atoms with Gasteiger partial charge in [0.2, 0.25) is 13.6 Å². The fourth-order valence-electron chi connectivity index (χ4n) is 2.95. The second-order valence-electron chi connectivity index (χ2n) is 7.57. The molecule has 0 fully saturated rings. The van der Waals surface area contributed by atoms with Gasteiger partial charge in [-0.3, -0.25) is 0 Å². The third-order valence-electron chi connectivity index (χ3n) is 4.88. The molecule has 0 spiro atoms. The van der Waals surface area contributed by atoms with Crippen LogP contribution in [-0.4, -0.2) is 39.1 Å². The van der Waals surface area contributed by atoms with Crippen molar-refractivity contribution in [1.82, 2.24) is 0 Å². The molecule has 3 rings (SSSR count). The maximum Gasteiger partial charge on any atom is 0.343 e. The van der Waals surface area contributed by atoms with E-state index in [9.17, 15) is 9.59 Å². The van der Waals surface area contributed by atoms with E-state index in [4.69, 9.17) is 37.9 Å². The van der Waals surface area contributed by atoms with E-state index in [-0.39, 0.29) is 56.9 Å². The van der Waals surface area contributed by atoms with Gasteiger partial charge in [-0.05, 0) is 79.2 Å². The molecule has 0 saturated heterocycles. The van der Waals surface area contributed by atoms with Crippen molar-refractivity contribution in [3.8, 4) is 28.7 Å². The molecule has 0 heterocycles. The zero-order valence-electron chi connectivity index (χ0n) is 21.3. The fourth-order valence-corrected chi connectivity index (χ4v) is 2.95. The Bertz CT molecular complexity index is 1240. The molecule has 0 N–H and O–H groups in total. The molecule has 10 nitrogen and oxygen atoms in total. The number of hydrogen-bond donors (Lipinski definition) is 0. The van der Waals surface area contributed by atoms with Crippen molar-refractivity contribution in [3.63, 3.8) is 0 Å². The van der Waals surface area contributed by atoms with Gasteiger partial charge in [0.25, 0.3) is 0 Å². The molecule has 0 aliphatic heterocycles. The quantitative estimate of drug-likeness (QED) is 0.0405. The zero-order valence-corrected chi connectivity index (χ0v) is 21.3. The molecule has 0 atom stereocenters. The molecule has 0 bridgehead atoms. The summed E-state index contributed by atoms with van der Waals surface area (Å²) in [7, 11) is 0. The number of hydrogen-bond acceptors (Lipinski definition) is 10. The van der Waals surface area contributed by atoms with Gasteiger partial charge >= 0.3 is 11.9 Å². The summed E-state index contributed by atoms with van der Waals surface area (Å²) >= 11 is 0. The Hall–Kier alpha value is -4.96. The predicted molar refractivity (Wildman–Crippen MR) is 167 cm³/mol. The van der Waals surface area contributed by atoms with Crippen molar-refractivity contribution in [3.05, 3.63) is 103 Å². The Morgan fingerprint density at radius 3 is 1.77 bits per heavy atom. The lowest BCUT2D eigenvalue weighted by atomic mass is 10.2. The highest BCUT2D eigenvalue weighted by molar-refractivity contribution is 5.91. The summed E-state index contributed by atoms with van der Waals surface area (Å²) in [5.41, 5.74) is 1.08. The molecular formula is C33H44O10. The normalized spacial score (nSPS) is 9.14. The number of esters is 2. The van der Waals surface area contributed by atoms with Crippen LogP contribution in [0.5, 0.6) is 28.7 Å². The van der Waals surface area contributed by atoms with Gasteiger partial charge in [0.15, 0.2) is 13.6 Å². The van der Waals surface area contributed by atoms with Crippen LogP contribution in [0, 0.1) is 6.92 Å². The van der Waals surface area contributed by atoms with E-state index in [1.54, 1.807) is 66.7 Å². The summed E-state index contributed by atoms with van der Waals surface area (Å²) in [4.78, 5) is 23.5. The maximum absolute atomic E-state index is 12.5. The van der Waals surface area contributed by atoms with Crippen molar-refractivity contribution in [2.24, 2.45) is 0 Å². The lowest BCUT2D eigenvalue weighted by Crippen LogP contribution is -2.10. The number of ether oxygens (including phenoxy) is 8. The van der Waals surface area contributed by atoms with Crippen LogP contribution in [0.2, 0.25) is 0 Å². The molecule has 0 aliphatic rings. The Balaban J connectivity index is 0. The second-order valence-corrected chi connectivity index (χ2v) is 7.57. The molecule has 43 heavy (non-hydrogen) atoms. The molecule has 0 aromatic heterocycles. The van der Waals surface area contributed by atoms with Crippen LogP contribution in [-0.2, 0) is 19.0 Å². The van der Waals surface area contributed by atoms with Crippen molar-refractivity contribution >= 4 is 11.9 Å². The van der Waals surface area contributed by atoms with Crippen LogP contribution in [0.1, 0.15) is 45.6 Å². The van der Waals surface area contributed by atoms with E-state index >= 15 is 0 Å². The van der Waals surface area contributed by atoms with Crippen LogP contribution in [0.25, 0.3) is 0 Å². The highest BCUT2D eigenvalue weighted by Crippen LogP contribution is 2.25. The highest BCUT2D eigenvalue weighted by Gasteiger charge is 2.11. The van der Waals surface area contributed by atoms with Crippen LogP contribution in [0.4, 0.5) is 0 Å². The molecular weight excluding hydrogens is 556 g/mol. The van der Waals surface area contributed by atoms with Crippen LogP contribution < -0.4 is 23.7 Å². The summed E-state index contributed by atoms with van der Waals surface area (Å²) in [6.45, 7) is 8.35. The first-order chi connectivity index (χ1) is 19.0. The smallest absolute Gasteiger partial charge is 0.343 e. The summed E-state index contributed by atoms with van der Waals surface area (Å²) < 4.78 is 42.1. The van der Waals surface area contributed by atoms with Gasteiger partial charge in [0, 0.05) is 6.08 Å². The van der Waals surface area contributed by atoms with E-state index in [1.807, 2.05) is 6.92 Å². The number of rotatable bonds is 16. The van der Waals surface area contributed by atoms with Crippen LogP contribution >= 0.6 is 0 Å². The molecule has 10 heteroatoms. The van der Waals surface area contributed by atoms with Crippen molar-refractivity contribution in [2.75, 3.05) is 27.2 Å². The van der Waals surface area contributed by atoms with E-state index < -0.39 is 11.9 Å². The van der Waals surface area contributed by atoms with E-state index in [2.05, 4.69) is 13.2 Å². The summed E-state index contributed by atoms with van der Waals surface area (Å²) in [6, 6.07) is 18.2. The predicted octanol–water partition coefficient (Wildman–Crippen LogP) is 7.71. The van der Waals surface area contributed by atoms with Crippen molar-refractivity contribution in [2.45, 2.75) is 36.6 Å². The lowest BCUT2D eigenvalue weighted by Gasteiger charge is -2.12. The standard InChI is InChI=1S/C29H28O10.4CH4/c1-4-28(30)38-20-36-23-8-6-22(7-9-23)29(31)39-26-14-15-27(21(3)16-26)37-19-35-25-12-10-24(11-13-25)34-18-33-17-32-5-2;;;;/h4-16H,1-2,17-20H2,3H3;4*1H4. The van der Waals surface area contributed by atoms with Gasteiger partial charge in [-0.25, -0.2) is 9.59 Å². The van der Waals surface area contributed by atoms with Gasteiger partial charge in [-0.1, -0.05) is 42.9 Å². The summed E-state index contributed by atoms with van der Waals surface area (Å²) in [6.07, 6.45) is 2.32. The molecule has 0 radical (unpaired) electrons. The Labute approximate surface area is 255 Å². The van der Waals surface area contributed by atoms with Crippen LogP contribution in [0.3, 0.4) is 0 Å². The minimum Gasteiger partial charge on any atom is -0.476 e. The molecule has 3 aromatic rings. The van der Waals surface area contributed by atoms with Crippen molar-refractivity contribution in [1.29, 1.82) is 0 Å². The number of aryl methyl sites for hydroxylation is 1. The SMILES string of the molecule is C.C.C.C.C=COCOCOc1ccc(OCOc2ccc(OC(=O)c3ccc(OCOC(=O)C=C)cc3)cc2C)cc1. The molecule has 0 unspecified atom stereocenters. The highest BCUT2D eigenvalue weighted by atomic mass is 16.7. The fraction of sp³-hybridized carbons (Fsp3) is 0.273. The van der Waals surface area contributed by atoms with Gasteiger partial charge in [0.05, 0.1) is 11.8 Å². The average Bonchev–Trinajstić information content (AvgIpc) is 2.95. The minimum atomic E-state index is -0.593. The van der Waals surface area contributed by atoms with Crippen LogP contribution in [0.15, 0.2) is 92.2 Å². The second kappa shape index (κ2) is 21.7.